The number of amides is 3. The molecular formula is C21H21ClN4O3S. The number of methoxy groups -OCH3 is 1. The zero-order chi connectivity index (χ0) is 21.5. The van der Waals surface area contributed by atoms with Gasteiger partial charge in [0.05, 0.1) is 12.8 Å². The van der Waals surface area contributed by atoms with Gasteiger partial charge in [0.25, 0.3) is 5.91 Å². The second kappa shape index (κ2) is 10.1. The standard InChI is InChI=1S/C21H21ClN4O3S/c1-13-18(19(27)23-11-10-14-6-3-4-9-17(14)29-2)30-21(24-13)26-20(28)25-16-8-5-7-15(22)12-16/h3-9,12H,10-11H2,1-2H3,(H,23,27)(H2,24,25,26,28). The fraction of sp³-hybridized carbons (Fsp3) is 0.190. The van der Waals surface area contributed by atoms with E-state index in [4.69, 9.17) is 16.3 Å². The number of ether oxygens (including phenoxy) is 1. The topological polar surface area (TPSA) is 92.4 Å². The van der Waals surface area contributed by atoms with Crippen LogP contribution in [0.15, 0.2) is 48.5 Å². The molecule has 0 saturated carbocycles. The first-order valence-electron chi connectivity index (χ1n) is 9.17. The maximum Gasteiger partial charge on any atom is 0.325 e. The number of rotatable bonds is 7. The molecule has 0 fully saturated rings. The molecule has 0 aliphatic rings. The molecule has 0 unspecified atom stereocenters. The maximum atomic E-state index is 12.5. The summed E-state index contributed by atoms with van der Waals surface area (Å²) in [4.78, 5) is 29.4. The highest BCUT2D eigenvalue weighted by atomic mass is 35.5. The SMILES string of the molecule is COc1ccccc1CCNC(=O)c1sc(NC(=O)Nc2cccc(Cl)c2)nc1C. The van der Waals surface area contributed by atoms with Crippen molar-refractivity contribution in [2.24, 2.45) is 0 Å². The Labute approximate surface area is 183 Å². The monoisotopic (exact) mass is 444 g/mol. The molecule has 3 aromatic rings. The Bertz CT molecular complexity index is 1050. The molecule has 3 amide bonds. The first-order chi connectivity index (χ1) is 14.5. The molecule has 1 heterocycles. The number of anilines is 2. The molecule has 0 spiro atoms. The molecule has 3 rings (SSSR count). The number of urea groups is 1. The van der Waals surface area contributed by atoms with E-state index in [2.05, 4.69) is 20.9 Å². The molecule has 0 radical (unpaired) electrons. The fourth-order valence-electron chi connectivity index (χ4n) is 2.79. The number of halogens is 1. The number of aromatic nitrogens is 1. The van der Waals surface area contributed by atoms with Gasteiger partial charge in [-0.15, -0.1) is 0 Å². The molecule has 30 heavy (non-hydrogen) atoms. The van der Waals surface area contributed by atoms with Crippen LogP contribution in [-0.2, 0) is 6.42 Å². The normalized spacial score (nSPS) is 10.4. The Kier molecular flexibility index (Phi) is 7.26. The average molecular weight is 445 g/mol. The van der Waals surface area contributed by atoms with E-state index < -0.39 is 6.03 Å². The summed E-state index contributed by atoms with van der Waals surface area (Å²) in [5.74, 6) is 0.557. The van der Waals surface area contributed by atoms with Crippen LogP contribution in [0.3, 0.4) is 0 Å². The second-order valence-electron chi connectivity index (χ2n) is 6.34. The van der Waals surface area contributed by atoms with Crippen LogP contribution < -0.4 is 20.7 Å². The second-order valence-corrected chi connectivity index (χ2v) is 7.78. The van der Waals surface area contributed by atoms with Crippen molar-refractivity contribution in [2.75, 3.05) is 24.3 Å². The van der Waals surface area contributed by atoms with Crippen molar-refractivity contribution in [2.45, 2.75) is 13.3 Å². The van der Waals surface area contributed by atoms with Crippen LogP contribution in [0.1, 0.15) is 20.9 Å². The van der Waals surface area contributed by atoms with Gasteiger partial charge < -0.3 is 15.4 Å². The summed E-state index contributed by atoms with van der Waals surface area (Å²) in [7, 11) is 1.62. The van der Waals surface area contributed by atoms with Crippen molar-refractivity contribution in [1.29, 1.82) is 0 Å². The number of thiazole rings is 1. The Balaban J connectivity index is 1.55. The van der Waals surface area contributed by atoms with E-state index in [1.807, 2.05) is 24.3 Å². The van der Waals surface area contributed by atoms with Gasteiger partial charge in [0, 0.05) is 17.3 Å². The molecule has 3 N–H and O–H groups in total. The smallest absolute Gasteiger partial charge is 0.325 e. The highest BCUT2D eigenvalue weighted by molar-refractivity contribution is 7.17. The van der Waals surface area contributed by atoms with E-state index in [1.54, 1.807) is 38.3 Å². The number of nitrogens with zero attached hydrogens (tertiary/aromatic N) is 1. The number of hydrogen-bond donors (Lipinski definition) is 3. The Morgan fingerprint density at radius 3 is 2.70 bits per heavy atom. The summed E-state index contributed by atoms with van der Waals surface area (Å²) in [5, 5.41) is 9.05. The molecule has 1 aromatic heterocycles. The third-order valence-electron chi connectivity index (χ3n) is 4.18. The minimum atomic E-state index is -0.464. The van der Waals surface area contributed by atoms with Gasteiger partial charge in [0.1, 0.15) is 10.6 Å². The molecule has 7 nitrogen and oxygen atoms in total. The van der Waals surface area contributed by atoms with E-state index in [9.17, 15) is 9.59 Å². The van der Waals surface area contributed by atoms with E-state index in [-0.39, 0.29) is 5.91 Å². The van der Waals surface area contributed by atoms with Gasteiger partial charge in [-0.2, -0.15) is 0 Å². The van der Waals surface area contributed by atoms with Crippen molar-refractivity contribution in [3.8, 4) is 5.75 Å². The molecule has 2 aromatic carbocycles. The van der Waals surface area contributed by atoms with Gasteiger partial charge in [-0.05, 0) is 43.2 Å². The number of benzene rings is 2. The molecular weight excluding hydrogens is 424 g/mol. The predicted octanol–water partition coefficient (Wildman–Crippen LogP) is 4.73. The van der Waals surface area contributed by atoms with Crippen molar-refractivity contribution in [3.63, 3.8) is 0 Å². The molecule has 0 aliphatic carbocycles. The zero-order valence-electron chi connectivity index (χ0n) is 16.5. The van der Waals surface area contributed by atoms with Crippen LogP contribution in [0, 0.1) is 6.92 Å². The van der Waals surface area contributed by atoms with Gasteiger partial charge >= 0.3 is 6.03 Å². The van der Waals surface area contributed by atoms with Crippen molar-refractivity contribution in [3.05, 3.63) is 69.7 Å². The predicted molar refractivity (Wildman–Crippen MR) is 120 cm³/mol. The minimum absolute atomic E-state index is 0.233. The number of nitrogens with one attached hydrogen (secondary N) is 3. The lowest BCUT2D eigenvalue weighted by Gasteiger charge is -2.08. The third-order valence-corrected chi connectivity index (χ3v) is 5.48. The first-order valence-corrected chi connectivity index (χ1v) is 10.4. The summed E-state index contributed by atoms with van der Waals surface area (Å²) in [6, 6.07) is 14.0. The Morgan fingerprint density at radius 1 is 1.13 bits per heavy atom. The fourth-order valence-corrected chi connectivity index (χ4v) is 3.85. The lowest BCUT2D eigenvalue weighted by molar-refractivity contribution is 0.0957. The number of carbonyl (C=O) groups is 2. The summed E-state index contributed by atoms with van der Waals surface area (Å²) in [5.41, 5.74) is 2.12. The number of para-hydroxylation sites is 1. The molecule has 0 saturated heterocycles. The Hall–Kier alpha value is -3.10. The van der Waals surface area contributed by atoms with E-state index >= 15 is 0 Å². The van der Waals surface area contributed by atoms with Crippen molar-refractivity contribution >= 4 is 45.7 Å². The van der Waals surface area contributed by atoms with Crippen LogP contribution in [0.25, 0.3) is 0 Å². The quantitative estimate of drug-likeness (QED) is 0.491. The largest absolute Gasteiger partial charge is 0.496 e. The van der Waals surface area contributed by atoms with Gasteiger partial charge in [-0.3, -0.25) is 10.1 Å². The van der Waals surface area contributed by atoms with E-state index in [1.165, 1.54) is 0 Å². The van der Waals surface area contributed by atoms with Crippen LogP contribution in [-0.4, -0.2) is 30.6 Å². The molecule has 0 aliphatic heterocycles. The molecule has 9 heteroatoms. The minimum Gasteiger partial charge on any atom is -0.496 e. The van der Waals surface area contributed by atoms with Crippen molar-refractivity contribution < 1.29 is 14.3 Å². The summed E-state index contributed by atoms with van der Waals surface area (Å²) in [6.45, 7) is 2.18. The summed E-state index contributed by atoms with van der Waals surface area (Å²) in [6.07, 6.45) is 0.640. The Morgan fingerprint density at radius 2 is 1.93 bits per heavy atom. The van der Waals surface area contributed by atoms with Crippen LogP contribution in [0.2, 0.25) is 5.02 Å². The molecule has 0 atom stereocenters. The maximum absolute atomic E-state index is 12.5. The highest BCUT2D eigenvalue weighted by Gasteiger charge is 2.16. The number of aryl methyl sites for hydroxylation is 1. The highest BCUT2D eigenvalue weighted by Crippen LogP contribution is 2.23. The van der Waals surface area contributed by atoms with Crippen LogP contribution in [0.4, 0.5) is 15.6 Å². The van der Waals surface area contributed by atoms with Gasteiger partial charge in [0.2, 0.25) is 0 Å². The first kappa shape index (κ1) is 21.6. The van der Waals surface area contributed by atoms with E-state index in [0.29, 0.717) is 39.4 Å². The summed E-state index contributed by atoms with van der Waals surface area (Å²) >= 11 is 7.03. The average Bonchev–Trinajstić information content (AvgIpc) is 3.08. The lowest BCUT2D eigenvalue weighted by atomic mass is 10.1. The lowest BCUT2D eigenvalue weighted by Crippen LogP contribution is -2.25. The zero-order valence-corrected chi connectivity index (χ0v) is 18.1. The molecule has 0 bridgehead atoms. The van der Waals surface area contributed by atoms with Crippen molar-refractivity contribution in [1.82, 2.24) is 10.3 Å². The third kappa shape index (κ3) is 5.71. The van der Waals surface area contributed by atoms with E-state index in [0.717, 1.165) is 22.6 Å². The number of hydrogen-bond acceptors (Lipinski definition) is 5. The van der Waals surface area contributed by atoms with Gasteiger partial charge in [-0.1, -0.05) is 47.2 Å². The number of carbonyl (C=O) groups excluding carboxylic acids is 2. The van der Waals surface area contributed by atoms with Gasteiger partial charge in [0.15, 0.2) is 5.13 Å². The van der Waals surface area contributed by atoms with Crippen LogP contribution in [0.5, 0.6) is 5.75 Å². The summed E-state index contributed by atoms with van der Waals surface area (Å²) < 4.78 is 5.32. The molecule has 156 valence electrons. The van der Waals surface area contributed by atoms with Crippen LogP contribution >= 0.6 is 22.9 Å². The van der Waals surface area contributed by atoms with Gasteiger partial charge in [-0.25, -0.2) is 9.78 Å².